The summed E-state index contributed by atoms with van der Waals surface area (Å²) in [6.45, 7) is 0. The molecule has 0 amide bonds. The molecule has 0 radical (unpaired) electrons. The molecule has 0 atom stereocenters. The monoisotopic (exact) mass is 724 g/mol. The van der Waals surface area contributed by atoms with Crippen LogP contribution in [0.15, 0.2) is 110 Å². The highest BCUT2D eigenvalue weighted by Gasteiger charge is 2.20. The van der Waals surface area contributed by atoms with E-state index in [4.69, 9.17) is 46.4 Å². The Balaban J connectivity index is 1.23. The Labute approximate surface area is 290 Å². The lowest BCUT2D eigenvalue weighted by Crippen LogP contribution is -2.10. The molecule has 0 saturated carbocycles. The molecule has 0 aliphatic carbocycles. The second kappa shape index (κ2) is 13.7. The SMILES string of the molecule is O=S(=O)(Cc1ccc(-c2cnccc2-c2cc(Cl)cc(Cl)c2)cc1F)Cc1ccc(-c2cnccc2-c2cc(Cl)cc(Cl)c2)cc1F. The van der Waals surface area contributed by atoms with E-state index in [0.717, 1.165) is 11.1 Å². The number of sulfone groups is 1. The van der Waals surface area contributed by atoms with Crippen LogP contribution in [0.5, 0.6) is 0 Å². The largest absolute Gasteiger partial charge is 0.264 e. The van der Waals surface area contributed by atoms with E-state index >= 15 is 8.78 Å². The third-order valence-corrected chi connectivity index (χ3v) is 9.84. The molecule has 0 aliphatic rings. The first-order valence-electron chi connectivity index (χ1n) is 14.0. The Morgan fingerprint density at radius 1 is 0.489 bits per heavy atom. The standard InChI is InChI=1S/C36H22Cl4F2N2O2S/c37-27-9-25(10-28(38)15-27)31-5-7-43-17-33(31)21-1-3-23(35(41)13-21)19-47(45,46)20-24-4-2-22(14-36(24)42)34-18-44-8-6-32(34)26-11-29(39)16-30(40)12-26/h1-18H,19-20H2. The lowest BCUT2D eigenvalue weighted by molar-refractivity contribution is 0.581. The zero-order valence-corrected chi connectivity index (χ0v) is 28.0. The quantitative estimate of drug-likeness (QED) is 0.157. The van der Waals surface area contributed by atoms with Gasteiger partial charge in [0.05, 0.1) is 11.5 Å². The molecule has 0 spiro atoms. The molecule has 0 saturated heterocycles. The van der Waals surface area contributed by atoms with Crippen LogP contribution in [-0.2, 0) is 21.3 Å². The summed E-state index contributed by atoms with van der Waals surface area (Å²) in [4.78, 5) is 8.35. The molecule has 0 bridgehead atoms. The lowest BCUT2D eigenvalue weighted by Gasteiger charge is -2.13. The van der Waals surface area contributed by atoms with E-state index in [2.05, 4.69) is 9.97 Å². The first kappa shape index (κ1) is 33.1. The summed E-state index contributed by atoms with van der Waals surface area (Å²) in [6.07, 6.45) is 6.36. The van der Waals surface area contributed by atoms with Crippen molar-refractivity contribution in [2.45, 2.75) is 11.5 Å². The molecule has 0 unspecified atom stereocenters. The Morgan fingerprint density at radius 2 is 0.872 bits per heavy atom. The van der Waals surface area contributed by atoms with Crippen molar-refractivity contribution >= 4 is 56.2 Å². The van der Waals surface area contributed by atoms with Gasteiger partial charge in [-0.25, -0.2) is 17.2 Å². The van der Waals surface area contributed by atoms with Crippen molar-refractivity contribution in [1.82, 2.24) is 9.97 Å². The Hall–Kier alpha value is -3.85. The smallest absolute Gasteiger partial charge is 0.158 e. The molecule has 0 N–H and O–H groups in total. The van der Waals surface area contributed by atoms with Gasteiger partial charge in [-0.1, -0.05) is 70.7 Å². The van der Waals surface area contributed by atoms with Crippen molar-refractivity contribution in [3.8, 4) is 44.5 Å². The molecule has 4 nitrogen and oxygen atoms in total. The van der Waals surface area contributed by atoms with Gasteiger partial charge in [-0.2, -0.15) is 0 Å². The number of nitrogens with zero attached hydrogens (tertiary/aromatic N) is 2. The Morgan fingerprint density at radius 3 is 1.23 bits per heavy atom. The molecular formula is C36H22Cl4F2N2O2S. The first-order valence-corrected chi connectivity index (χ1v) is 17.4. The van der Waals surface area contributed by atoms with Crippen LogP contribution in [-0.4, -0.2) is 18.4 Å². The molecule has 11 heteroatoms. The van der Waals surface area contributed by atoms with Crippen LogP contribution in [0, 0.1) is 11.6 Å². The average Bonchev–Trinajstić information content (AvgIpc) is 3.02. The fourth-order valence-corrected chi connectivity index (χ4v) is 7.93. The highest BCUT2D eigenvalue weighted by molar-refractivity contribution is 7.89. The van der Waals surface area contributed by atoms with E-state index in [1.165, 1.54) is 24.3 Å². The molecule has 6 aromatic rings. The normalized spacial score (nSPS) is 11.5. The van der Waals surface area contributed by atoms with Crippen molar-refractivity contribution in [2.24, 2.45) is 0 Å². The van der Waals surface area contributed by atoms with Crippen molar-refractivity contribution < 1.29 is 17.2 Å². The summed E-state index contributed by atoms with van der Waals surface area (Å²) in [6, 6.07) is 22.3. The minimum atomic E-state index is -3.97. The zero-order valence-electron chi connectivity index (χ0n) is 24.2. The summed E-state index contributed by atoms with van der Waals surface area (Å²) >= 11 is 24.8. The number of rotatable bonds is 8. The van der Waals surface area contributed by atoms with Crippen LogP contribution < -0.4 is 0 Å². The second-order valence-electron chi connectivity index (χ2n) is 10.8. The highest BCUT2D eigenvalue weighted by atomic mass is 35.5. The van der Waals surface area contributed by atoms with Gasteiger partial charge < -0.3 is 0 Å². The van der Waals surface area contributed by atoms with Crippen LogP contribution in [0.4, 0.5) is 8.78 Å². The number of pyridine rings is 2. The predicted molar refractivity (Wildman–Crippen MR) is 187 cm³/mol. The summed E-state index contributed by atoms with van der Waals surface area (Å²) in [5.41, 5.74) is 4.98. The minimum Gasteiger partial charge on any atom is -0.264 e. The van der Waals surface area contributed by atoms with Gasteiger partial charge in [0.2, 0.25) is 0 Å². The van der Waals surface area contributed by atoms with Crippen molar-refractivity contribution in [3.63, 3.8) is 0 Å². The van der Waals surface area contributed by atoms with Gasteiger partial charge in [0.1, 0.15) is 11.6 Å². The maximum absolute atomic E-state index is 15.4. The maximum atomic E-state index is 15.4. The second-order valence-corrected chi connectivity index (χ2v) is 14.6. The number of halogens is 6. The van der Waals surface area contributed by atoms with Crippen LogP contribution >= 0.6 is 46.4 Å². The van der Waals surface area contributed by atoms with Crippen molar-refractivity contribution in [3.05, 3.63) is 153 Å². The molecule has 6 rings (SSSR count). The summed E-state index contributed by atoms with van der Waals surface area (Å²) in [5, 5.41) is 1.77. The number of hydrogen-bond acceptors (Lipinski definition) is 4. The van der Waals surface area contributed by atoms with E-state index in [1.54, 1.807) is 85.5 Å². The van der Waals surface area contributed by atoms with Crippen LogP contribution in [0.3, 0.4) is 0 Å². The van der Waals surface area contributed by atoms with Gasteiger partial charge in [0, 0.05) is 67.1 Å². The number of aromatic nitrogens is 2. The maximum Gasteiger partial charge on any atom is 0.158 e. The fourth-order valence-electron chi connectivity index (χ4n) is 5.36. The Kier molecular flexibility index (Phi) is 9.65. The molecule has 2 heterocycles. The number of benzene rings is 4. The van der Waals surface area contributed by atoms with Crippen molar-refractivity contribution in [2.75, 3.05) is 0 Å². The number of hydrogen-bond donors (Lipinski definition) is 0. The lowest BCUT2D eigenvalue weighted by atomic mass is 9.96. The van der Waals surface area contributed by atoms with E-state index in [-0.39, 0.29) is 11.1 Å². The first-order chi connectivity index (χ1) is 22.5. The predicted octanol–water partition coefficient (Wildman–Crippen LogP) is 11.2. The molecule has 236 valence electrons. The van der Waals surface area contributed by atoms with Gasteiger partial charge in [0.15, 0.2) is 9.84 Å². The van der Waals surface area contributed by atoms with E-state index in [1.807, 2.05) is 0 Å². The molecule has 47 heavy (non-hydrogen) atoms. The van der Waals surface area contributed by atoms with Gasteiger partial charge >= 0.3 is 0 Å². The third-order valence-electron chi connectivity index (χ3n) is 7.47. The fraction of sp³-hybridized carbons (Fsp3) is 0.0556. The van der Waals surface area contributed by atoms with Crippen LogP contribution in [0.1, 0.15) is 11.1 Å². The average molecular weight is 726 g/mol. The van der Waals surface area contributed by atoms with Gasteiger partial charge in [-0.15, -0.1) is 0 Å². The van der Waals surface area contributed by atoms with E-state index < -0.39 is 33.0 Å². The third kappa shape index (κ3) is 7.67. The molecule has 2 aromatic heterocycles. The van der Waals surface area contributed by atoms with E-state index in [9.17, 15) is 8.42 Å². The summed E-state index contributed by atoms with van der Waals surface area (Å²) in [5.74, 6) is -2.67. The van der Waals surface area contributed by atoms with Gasteiger partial charge in [0.25, 0.3) is 0 Å². The molecular weight excluding hydrogens is 704 g/mol. The minimum absolute atomic E-state index is 0.0396. The highest BCUT2D eigenvalue weighted by Crippen LogP contribution is 2.37. The molecule has 0 aliphatic heterocycles. The van der Waals surface area contributed by atoms with Gasteiger partial charge in [-0.3, -0.25) is 9.97 Å². The van der Waals surface area contributed by atoms with Crippen LogP contribution in [0.25, 0.3) is 44.5 Å². The topological polar surface area (TPSA) is 59.9 Å². The molecule has 4 aromatic carbocycles. The van der Waals surface area contributed by atoms with Crippen LogP contribution in [0.2, 0.25) is 20.1 Å². The zero-order chi connectivity index (χ0) is 33.3. The van der Waals surface area contributed by atoms with E-state index in [0.29, 0.717) is 53.5 Å². The summed E-state index contributed by atoms with van der Waals surface area (Å²) in [7, 11) is -3.97. The Bertz CT molecular complexity index is 2070. The van der Waals surface area contributed by atoms with Crippen molar-refractivity contribution in [1.29, 1.82) is 0 Å². The summed E-state index contributed by atoms with van der Waals surface area (Å²) < 4.78 is 57.2. The molecule has 0 fully saturated rings. The van der Waals surface area contributed by atoms with Gasteiger partial charge in [-0.05, 0) is 94.0 Å².